The minimum Gasteiger partial charge on any atom is -0.410 e. The van der Waals surface area contributed by atoms with E-state index in [-0.39, 0.29) is 16.6 Å². The average Bonchev–Trinajstić information content (AvgIpc) is 3.76. The first-order valence-electron chi connectivity index (χ1n) is 13.2. The number of carbonyl (C=O) groups excluding carboxylic acids is 1. The van der Waals surface area contributed by atoms with Gasteiger partial charge >= 0.3 is 6.09 Å². The molecule has 0 spiro atoms. The normalized spacial score (nSPS) is 17.8. The second-order valence-corrected chi connectivity index (χ2v) is 11.3. The average molecular weight is 558 g/mol. The number of pyridine rings is 1. The highest BCUT2D eigenvalue weighted by Gasteiger charge is 2.47. The van der Waals surface area contributed by atoms with Crippen LogP contribution in [-0.2, 0) is 9.48 Å². The van der Waals surface area contributed by atoms with Crippen molar-refractivity contribution in [2.45, 2.75) is 35.4 Å². The van der Waals surface area contributed by atoms with Gasteiger partial charge in [0.1, 0.15) is 23.2 Å². The topological polar surface area (TPSA) is 89.5 Å². The van der Waals surface area contributed by atoms with Gasteiger partial charge < -0.3 is 14.4 Å². The highest BCUT2D eigenvalue weighted by molar-refractivity contribution is 8.00. The molecule has 1 saturated carbocycles. The van der Waals surface area contributed by atoms with E-state index in [2.05, 4.69) is 28.2 Å². The summed E-state index contributed by atoms with van der Waals surface area (Å²) in [6, 6.07) is 21.2. The molecule has 2 aromatic carbocycles. The lowest BCUT2D eigenvalue weighted by molar-refractivity contribution is 0.0985. The van der Waals surface area contributed by atoms with Crippen LogP contribution in [0.15, 0.2) is 83.9 Å². The Morgan fingerprint density at radius 1 is 1.10 bits per heavy atom. The molecule has 1 amide bonds. The van der Waals surface area contributed by atoms with Crippen LogP contribution in [0.3, 0.4) is 0 Å². The van der Waals surface area contributed by atoms with E-state index >= 15 is 0 Å². The molecule has 1 N–H and O–H groups in total. The number of morpholine rings is 1. The number of hydrogen-bond acceptors (Lipinski definition) is 8. The summed E-state index contributed by atoms with van der Waals surface area (Å²) in [4.78, 5) is 29.9. The van der Waals surface area contributed by atoms with Crippen LogP contribution in [0.4, 0.5) is 20.8 Å². The third-order valence-corrected chi connectivity index (χ3v) is 8.39. The zero-order chi connectivity index (χ0) is 27.5. The number of nitrogens with zero attached hydrogens (tertiary/aromatic N) is 4. The van der Waals surface area contributed by atoms with E-state index in [1.807, 2.05) is 24.3 Å². The second-order valence-electron chi connectivity index (χ2n) is 9.86. The van der Waals surface area contributed by atoms with Crippen LogP contribution in [0.1, 0.15) is 25.5 Å². The number of halogens is 1. The molecule has 4 aromatic rings. The first-order valence-corrected chi connectivity index (χ1v) is 14.0. The molecular formula is C30H28FN5O3S. The maximum absolute atomic E-state index is 13.5. The number of benzene rings is 2. The van der Waals surface area contributed by atoms with Crippen molar-refractivity contribution >= 4 is 29.5 Å². The van der Waals surface area contributed by atoms with Crippen LogP contribution >= 0.6 is 11.8 Å². The van der Waals surface area contributed by atoms with Crippen LogP contribution in [0.2, 0.25) is 0 Å². The van der Waals surface area contributed by atoms with Gasteiger partial charge in [0.05, 0.1) is 29.7 Å². The van der Waals surface area contributed by atoms with E-state index in [9.17, 15) is 9.18 Å². The lowest BCUT2D eigenvalue weighted by Gasteiger charge is -2.34. The fraction of sp³-hybridized carbons (Fsp3) is 0.267. The molecule has 0 bridgehead atoms. The van der Waals surface area contributed by atoms with Crippen LogP contribution in [-0.4, -0.2) is 46.8 Å². The number of amides is 1. The van der Waals surface area contributed by atoms with Crippen molar-refractivity contribution < 1.29 is 18.7 Å². The number of carbonyl (C=O) groups is 1. The summed E-state index contributed by atoms with van der Waals surface area (Å²) in [7, 11) is 0. The minimum absolute atomic E-state index is 0.171. The Bertz CT molecular complexity index is 1480. The van der Waals surface area contributed by atoms with E-state index in [0.717, 1.165) is 41.4 Å². The van der Waals surface area contributed by atoms with E-state index in [1.54, 1.807) is 48.3 Å². The van der Waals surface area contributed by atoms with Gasteiger partial charge in [0.25, 0.3) is 0 Å². The van der Waals surface area contributed by atoms with Crippen LogP contribution < -0.4 is 15.0 Å². The summed E-state index contributed by atoms with van der Waals surface area (Å²) in [5.74, 6) is 1.95. The summed E-state index contributed by atoms with van der Waals surface area (Å²) in [5.41, 5.74) is 1.67. The molecule has 3 heterocycles. The highest BCUT2D eigenvalue weighted by Crippen LogP contribution is 2.59. The Morgan fingerprint density at radius 3 is 2.60 bits per heavy atom. The SMILES string of the molecule is CC1COCCN1c1cc(C2(Sc3ccc(F)cc3)CC2)nc(-c2ccc(NC(=O)Oc3ccccc3)nc2)n1. The molecule has 1 unspecified atom stereocenters. The van der Waals surface area contributed by atoms with Gasteiger partial charge in [0, 0.05) is 29.3 Å². The van der Waals surface area contributed by atoms with Crippen molar-refractivity contribution in [3.63, 3.8) is 0 Å². The zero-order valence-electron chi connectivity index (χ0n) is 21.9. The standard InChI is InChI=1S/C30H28FN5O3S/c1-20-19-38-16-15-36(20)27-17-25(30(13-14-30)40-24-10-8-22(31)9-11-24)33-28(35-27)21-7-12-26(32-18-21)34-29(37)39-23-5-3-2-4-6-23/h2-12,17-18,20H,13-16,19H2,1H3,(H,32,34,37). The Labute approximate surface area is 236 Å². The van der Waals surface area contributed by atoms with Gasteiger partial charge in [0.2, 0.25) is 0 Å². The van der Waals surface area contributed by atoms with Crippen molar-refractivity contribution in [1.82, 2.24) is 15.0 Å². The molecule has 204 valence electrons. The maximum Gasteiger partial charge on any atom is 0.418 e. The number of nitrogens with one attached hydrogen (secondary N) is 1. The molecule has 1 aliphatic carbocycles. The molecule has 1 saturated heterocycles. The number of aromatic nitrogens is 3. The molecule has 1 atom stereocenters. The number of rotatable bonds is 7. The van der Waals surface area contributed by atoms with Gasteiger partial charge in [-0.15, -0.1) is 11.8 Å². The van der Waals surface area contributed by atoms with E-state index < -0.39 is 6.09 Å². The van der Waals surface area contributed by atoms with E-state index in [0.29, 0.717) is 30.6 Å². The van der Waals surface area contributed by atoms with Gasteiger partial charge in [-0.1, -0.05) is 18.2 Å². The molecule has 40 heavy (non-hydrogen) atoms. The fourth-order valence-electron chi connectivity index (χ4n) is 4.59. The quantitative estimate of drug-likeness (QED) is 0.283. The predicted molar refractivity (Wildman–Crippen MR) is 152 cm³/mol. The van der Waals surface area contributed by atoms with Gasteiger partial charge in [-0.3, -0.25) is 5.32 Å². The third-order valence-electron chi connectivity index (χ3n) is 6.88. The van der Waals surface area contributed by atoms with E-state index in [4.69, 9.17) is 19.4 Å². The summed E-state index contributed by atoms with van der Waals surface area (Å²) >= 11 is 1.71. The lowest BCUT2D eigenvalue weighted by Crippen LogP contribution is -2.44. The van der Waals surface area contributed by atoms with Crippen molar-refractivity contribution in [3.05, 3.63) is 90.5 Å². The molecule has 8 nitrogen and oxygen atoms in total. The zero-order valence-corrected chi connectivity index (χ0v) is 22.7. The van der Waals surface area contributed by atoms with Gasteiger partial charge in [-0.2, -0.15) is 0 Å². The summed E-state index contributed by atoms with van der Waals surface area (Å²) in [5, 5.41) is 2.65. The predicted octanol–water partition coefficient (Wildman–Crippen LogP) is 6.30. The number of anilines is 2. The number of ether oxygens (including phenoxy) is 2. The summed E-state index contributed by atoms with van der Waals surface area (Å²) in [6.07, 6.45) is 2.96. The largest absolute Gasteiger partial charge is 0.418 e. The lowest BCUT2D eigenvalue weighted by atomic mass is 10.2. The smallest absolute Gasteiger partial charge is 0.410 e. The summed E-state index contributed by atoms with van der Waals surface area (Å²) in [6.45, 7) is 4.12. The third kappa shape index (κ3) is 5.93. The molecule has 6 rings (SSSR count). The summed E-state index contributed by atoms with van der Waals surface area (Å²) < 4.78 is 24.3. The maximum atomic E-state index is 13.5. The Kier molecular flexibility index (Phi) is 7.36. The molecule has 2 aromatic heterocycles. The number of hydrogen-bond donors (Lipinski definition) is 1. The van der Waals surface area contributed by atoms with Gasteiger partial charge in [0.15, 0.2) is 5.82 Å². The Balaban J connectivity index is 1.27. The van der Waals surface area contributed by atoms with Crippen LogP contribution in [0.25, 0.3) is 11.4 Å². The van der Waals surface area contributed by atoms with Crippen molar-refractivity contribution in [1.29, 1.82) is 0 Å². The van der Waals surface area contributed by atoms with Gasteiger partial charge in [-0.25, -0.2) is 24.1 Å². The van der Waals surface area contributed by atoms with Crippen LogP contribution in [0.5, 0.6) is 5.75 Å². The molecule has 2 aliphatic rings. The van der Waals surface area contributed by atoms with Crippen LogP contribution in [0, 0.1) is 5.82 Å². The molecular weight excluding hydrogens is 529 g/mol. The Morgan fingerprint density at radius 2 is 1.90 bits per heavy atom. The van der Waals surface area contributed by atoms with Crippen molar-refractivity contribution in [2.24, 2.45) is 0 Å². The van der Waals surface area contributed by atoms with E-state index in [1.165, 1.54) is 12.1 Å². The van der Waals surface area contributed by atoms with Crippen molar-refractivity contribution in [3.8, 4) is 17.1 Å². The Hall–Kier alpha value is -4.02. The molecule has 0 radical (unpaired) electrons. The first-order chi connectivity index (χ1) is 19.5. The number of para-hydroxylation sites is 1. The molecule has 10 heteroatoms. The van der Waals surface area contributed by atoms with Gasteiger partial charge in [-0.05, 0) is 68.3 Å². The van der Waals surface area contributed by atoms with Crippen molar-refractivity contribution in [2.75, 3.05) is 30.0 Å². The monoisotopic (exact) mass is 557 g/mol. The first kappa shape index (κ1) is 26.2. The fourth-order valence-corrected chi connectivity index (χ4v) is 5.83. The minimum atomic E-state index is -0.623. The molecule has 1 aliphatic heterocycles. The number of thioether (sulfide) groups is 1. The molecule has 2 fully saturated rings. The highest BCUT2D eigenvalue weighted by atomic mass is 32.2. The second kappa shape index (κ2) is 11.2.